The number of carbonyl (C=O) groups excluding carboxylic acids is 2. The fraction of sp³-hybridized carbons (Fsp3) is 0.333. The summed E-state index contributed by atoms with van der Waals surface area (Å²) in [6.07, 6.45) is 0.346. The molecule has 5 heteroatoms. The monoisotopic (exact) mass is 370 g/mol. The maximum atomic E-state index is 12.1. The van der Waals surface area contributed by atoms with E-state index in [4.69, 9.17) is 0 Å². The third-order valence-corrected chi connectivity index (χ3v) is 4.64. The van der Waals surface area contributed by atoms with Gasteiger partial charge >= 0.3 is 0 Å². The molecule has 0 fully saturated rings. The molecule has 2 rings (SSSR count). The molecule has 0 aliphatic rings. The maximum absolute atomic E-state index is 12.1. The lowest BCUT2D eigenvalue weighted by Crippen LogP contribution is -2.31. The van der Waals surface area contributed by atoms with Crippen LogP contribution in [0.2, 0.25) is 0 Å². The van der Waals surface area contributed by atoms with Gasteiger partial charge in [-0.05, 0) is 44.0 Å². The predicted molar refractivity (Wildman–Crippen MR) is 109 cm³/mol. The standard InChI is InChI=1S/C21H26N2O2S/c1-15(2)22-20(24)12-17-7-9-19(10-8-17)23-21(25)14-26-13-18-6-4-5-16(3)11-18/h4-11,15H,12-14H2,1-3H3,(H,22,24)(H,23,25). The number of thioether (sulfide) groups is 1. The summed E-state index contributed by atoms with van der Waals surface area (Å²) < 4.78 is 0. The van der Waals surface area contributed by atoms with Gasteiger partial charge in [-0.1, -0.05) is 42.0 Å². The van der Waals surface area contributed by atoms with E-state index in [9.17, 15) is 9.59 Å². The van der Waals surface area contributed by atoms with Gasteiger partial charge in [-0.25, -0.2) is 0 Å². The molecule has 26 heavy (non-hydrogen) atoms. The molecule has 0 radical (unpaired) electrons. The molecule has 0 atom stereocenters. The van der Waals surface area contributed by atoms with E-state index in [-0.39, 0.29) is 17.9 Å². The number of carbonyl (C=O) groups is 2. The molecule has 0 unspecified atom stereocenters. The SMILES string of the molecule is Cc1cccc(CSCC(=O)Nc2ccc(CC(=O)NC(C)C)cc2)c1. The van der Waals surface area contributed by atoms with Crippen LogP contribution in [-0.2, 0) is 21.8 Å². The fourth-order valence-corrected chi connectivity index (χ4v) is 3.30. The van der Waals surface area contributed by atoms with Gasteiger partial charge in [0, 0.05) is 17.5 Å². The summed E-state index contributed by atoms with van der Waals surface area (Å²) in [7, 11) is 0. The van der Waals surface area contributed by atoms with E-state index in [1.165, 1.54) is 11.1 Å². The highest BCUT2D eigenvalue weighted by Gasteiger charge is 2.06. The normalized spacial score (nSPS) is 10.6. The molecule has 2 aromatic rings. The Balaban J connectivity index is 1.75. The second-order valence-electron chi connectivity index (χ2n) is 6.63. The first-order chi connectivity index (χ1) is 12.4. The molecule has 0 saturated carbocycles. The van der Waals surface area contributed by atoms with Crippen molar-refractivity contribution in [3.8, 4) is 0 Å². The van der Waals surface area contributed by atoms with Crippen molar-refractivity contribution < 1.29 is 9.59 Å². The molecule has 4 nitrogen and oxygen atoms in total. The van der Waals surface area contributed by atoms with Gasteiger partial charge < -0.3 is 10.6 Å². The van der Waals surface area contributed by atoms with Crippen LogP contribution in [0.1, 0.15) is 30.5 Å². The van der Waals surface area contributed by atoms with Crippen LogP contribution in [-0.4, -0.2) is 23.6 Å². The number of benzene rings is 2. The van der Waals surface area contributed by atoms with Gasteiger partial charge in [0.25, 0.3) is 0 Å². The third-order valence-electron chi connectivity index (χ3n) is 3.64. The van der Waals surface area contributed by atoms with Gasteiger partial charge in [-0.15, -0.1) is 11.8 Å². The number of rotatable bonds is 8. The van der Waals surface area contributed by atoms with Crippen molar-refractivity contribution in [2.24, 2.45) is 0 Å². The van der Waals surface area contributed by atoms with Crippen molar-refractivity contribution in [2.75, 3.05) is 11.1 Å². The van der Waals surface area contributed by atoms with Crippen molar-refractivity contribution in [1.82, 2.24) is 5.32 Å². The van der Waals surface area contributed by atoms with Gasteiger partial charge in [0.2, 0.25) is 11.8 Å². The topological polar surface area (TPSA) is 58.2 Å². The maximum Gasteiger partial charge on any atom is 0.234 e. The molecule has 0 aliphatic carbocycles. The molecular weight excluding hydrogens is 344 g/mol. The zero-order chi connectivity index (χ0) is 18.9. The third kappa shape index (κ3) is 7.31. The summed E-state index contributed by atoms with van der Waals surface area (Å²) in [6, 6.07) is 15.9. The van der Waals surface area contributed by atoms with E-state index in [1.54, 1.807) is 11.8 Å². The van der Waals surface area contributed by atoms with Crippen molar-refractivity contribution in [3.63, 3.8) is 0 Å². The Morgan fingerprint density at radius 3 is 2.38 bits per heavy atom. The van der Waals surface area contributed by atoms with Gasteiger partial charge in [-0.2, -0.15) is 0 Å². The largest absolute Gasteiger partial charge is 0.354 e. The molecule has 2 aromatic carbocycles. The van der Waals surface area contributed by atoms with Crippen LogP contribution in [0.4, 0.5) is 5.69 Å². The minimum Gasteiger partial charge on any atom is -0.354 e. The highest BCUT2D eigenvalue weighted by atomic mass is 32.2. The minimum atomic E-state index is -0.0204. The average Bonchev–Trinajstić information content (AvgIpc) is 2.56. The second-order valence-corrected chi connectivity index (χ2v) is 7.61. The number of amides is 2. The zero-order valence-electron chi connectivity index (χ0n) is 15.5. The van der Waals surface area contributed by atoms with Crippen molar-refractivity contribution in [2.45, 2.75) is 39.0 Å². The van der Waals surface area contributed by atoms with E-state index in [0.717, 1.165) is 17.0 Å². The molecule has 0 heterocycles. The van der Waals surface area contributed by atoms with Gasteiger partial charge in [-0.3, -0.25) is 9.59 Å². The molecule has 2 N–H and O–H groups in total. The lowest BCUT2D eigenvalue weighted by atomic mass is 10.1. The summed E-state index contributed by atoms with van der Waals surface area (Å²) in [6.45, 7) is 5.94. The first-order valence-corrected chi connectivity index (χ1v) is 9.89. The van der Waals surface area contributed by atoms with Gasteiger partial charge in [0.1, 0.15) is 0 Å². The molecule has 0 bridgehead atoms. The van der Waals surface area contributed by atoms with Crippen LogP contribution in [0, 0.1) is 6.92 Å². The zero-order valence-corrected chi connectivity index (χ0v) is 16.4. The quantitative estimate of drug-likeness (QED) is 0.740. The highest BCUT2D eigenvalue weighted by Crippen LogP contribution is 2.15. The van der Waals surface area contributed by atoms with E-state index in [1.807, 2.05) is 44.2 Å². The number of aryl methyl sites for hydroxylation is 1. The molecule has 2 amide bonds. The molecule has 0 spiro atoms. The van der Waals surface area contributed by atoms with E-state index in [0.29, 0.717) is 12.2 Å². The van der Waals surface area contributed by atoms with Crippen LogP contribution < -0.4 is 10.6 Å². The summed E-state index contributed by atoms with van der Waals surface area (Å²) in [5.41, 5.74) is 4.13. The lowest BCUT2D eigenvalue weighted by Gasteiger charge is -2.09. The number of hydrogen-bond donors (Lipinski definition) is 2. The fourth-order valence-electron chi connectivity index (χ4n) is 2.52. The van der Waals surface area contributed by atoms with E-state index in [2.05, 4.69) is 35.8 Å². The first-order valence-electron chi connectivity index (χ1n) is 8.74. The van der Waals surface area contributed by atoms with Gasteiger partial charge in [0.05, 0.1) is 12.2 Å². The number of anilines is 1. The smallest absolute Gasteiger partial charge is 0.234 e. The van der Waals surface area contributed by atoms with Crippen LogP contribution >= 0.6 is 11.8 Å². The Bertz CT molecular complexity index is 742. The summed E-state index contributed by atoms with van der Waals surface area (Å²) in [5, 5.41) is 5.76. The Hall–Kier alpha value is -2.27. The lowest BCUT2D eigenvalue weighted by molar-refractivity contribution is -0.121. The Morgan fingerprint density at radius 1 is 1.00 bits per heavy atom. The number of hydrogen-bond acceptors (Lipinski definition) is 3. The van der Waals surface area contributed by atoms with Crippen molar-refractivity contribution in [1.29, 1.82) is 0 Å². The van der Waals surface area contributed by atoms with Crippen molar-refractivity contribution >= 4 is 29.3 Å². The van der Waals surface area contributed by atoms with Crippen LogP contribution in [0.15, 0.2) is 48.5 Å². The first kappa shape index (κ1) is 20.0. The predicted octanol–water partition coefficient (Wildman–Crippen LogP) is 3.93. The van der Waals surface area contributed by atoms with Crippen LogP contribution in [0.5, 0.6) is 0 Å². The second kappa shape index (κ2) is 10.0. The Morgan fingerprint density at radius 2 is 1.73 bits per heavy atom. The average molecular weight is 371 g/mol. The van der Waals surface area contributed by atoms with E-state index >= 15 is 0 Å². The Kier molecular flexibility index (Phi) is 7.73. The van der Waals surface area contributed by atoms with Crippen LogP contribution in [0.25, 0.3) is 0 Å². The summed E-state index contributed by atoms with van der Waals surface area (Å²) >= 11 is 1.59. The molecule has 0 saturated heterocycles. The van der Waals surface area contributed by atoms with Gasteiger partial charge in [0.15, 0.2) is 0 Å². The molecule has 138 valence electrons. The Labute approximate surface area is 159 Å². The molecule has 0 aromatic heterocycles. The summed E-state index contributed by atoms with van der Waals surface area (Å²) in [4.78, 5) is 23.8. The molecular formula is C21H26N2O2S. The van der Waals surface area contributed by atoms with Crippen molar-refractivity contribution in [3.05, 3.63) is 65.2 Å². The summed E-state index contributed by atoms with van der Waals surface area (Å²) in [5.74, 6) is 1.21. The number of nitrogens with one attached hydrogen (secondary N) is 2. The molecule has 0 aliphatic heterocycles. The van der Waals surface area contributed by atoms with E-state index < -0.39 is 0 Å². The van der Waals surface area contributed by atoms with Crippen LogP contribution in [0.3, 0.4) is 0 Å². The minimum absolute atomic E-state index is 0.00401. The highest BCUT2D eigenvalue weighted by molar-refractivity contribution is 7.99.